The molecule has 0 atom stereocenters. The van der Waals surface area contributed by atoms with Crippen LogP contribution >= 0.6 is 23.1 Å². The van der Waals surface area contributed by atoms with Gasteiger partial charge in [0.1, 0.15) is 0 Å². The predicted molar refractivity (Wildman–Crippen MR) is 139 cm³/mol. The molecule has 1 saturated carbocycles. The third-order valence-electron chi connectivity index (χ3n) is 5.72. The average Bonchev–Trinajstić information content (AvgIpc) is 3.25. The molecule has 2 N–H and O–H groups in total. The molecule has 0 spiro atoms. The van der Waals surface area contributed by atoms with Crippen molar-refractivity contribution in [3.8, 4) is 11.8 Å². The van der Waals surface area contributed by atoms with Gasteiger partial charge in [-0.25, -0.2) is 18.2 Å². The molecule has 35 heavy (non-hydrogen) atoms. The van der Waals surface area contributed by atoms with Gasteiger partial charge in [-0.1, -0.05) is 30.1 Å². The van der Waals surface area contributed by atoms with Crippen molar-refractivity contribution in [1.29, 1.82) is 0 Å². The van der Waals surface area contributed by atoms with Gasteiger partial charge in [-0.3, -0.25) is 10.1 Å². The van der Waals surface area contributed by atoms with Crippen LogP contribution in [0, 0.1) is 17.8 Å². The summed E-state index contributed by atoms with van der Waals surface area (Å²) in [6.45, 7) is 2.69. The van der Waals surface area contributed by atoms with E-state index in [1.165, 1.54) is 29.4 Å². The number of carboxylic acid groups (broad SMARTS) is 1. The molecular formula is C24H29N3O5S3. The zero-order chi connectivity index (χ0) is 25.4. The topological polar surface area (TPSA) is 117 Å². The Kier molecular flexibility index (Phi) is 9.60. The number of carbonyl (C=O) groups is 2. The van der Waals surface area contributed by atoms with Gasteiger partial charge in [-0.2, -0.15) is 0 Å². The van der Waals surface area contributed by atoms with E-state index in [0.717, 1.165) is 29.9 Å². The number of anilines is 1. The third-order valence-corrected chi connectivity index (χ3v) is 8.94. The largest absolute Gasteiger partial charge is 0.481 e. The first-order valence-corrected chi connectivity index (χ1v) is 15.0. The van der Waals surface area contributed by atoms with E-state index in [1.54, 1.807) is 30.5 Å². The minimum Gasteiger partial charge on any atom is -0.481 e. The number of carbonyl (C=O) groups excluding carboxylic acids is 1. The quantitative estimate of drug-likeness (QED) is 0.375. The van der Waals surface area contributed by atoms with Gasteiger partial charge in [0, 0.05) is 30.8 Å². The van der Waals surface area contributed by atoms with Crippen LogP contribution in [0.25, 0.3) is 0 Å². The number of carboxylic acids is 1. The maximum absolute atomic E-state index is 13.1. The van der Waals surface area contributed by atoms with E-state index < -0.39 is 15.8 Å². The van der Waals surface area contributed by atoms with E-state index in [2.05, 4.69) is 29.1 Å². The number of hydrogen-bond acceptors (Lipinski definition) is 7. The number of aliphatic carboxylic acids is 1. The highest BCUT2D eigenvalue weighted by Gasteiger charge is 2.27. The lowest BCUT2D eigenvalue weighted by molar-refractivity contribution is -0.133. The molecule has 0 saturated heterocycles. The fourth-order valence-electron chi connectivity index (χ4n) is 3.81. The van der Waals surface area contributed by atoms with E-state index in [4.69, 9.17) is 5.11 Å². The number of aromatic nitrogens is 1. The molecule has 2 aromatic rings. The predicted octanol–water partition coefficient (Wildman–Crippen LogP) is 4.58. The van der Waals surface area contributed by atoms with Crippen molar-refractivity contribution in [2.24, 2.45) is 5.92 Å². The molecule has 3 rings (SSSR count). The molecule has 0 aliphatic heterocycles. The average molecular weight is 536 g/mol. The molecular weight excluding hydrogens is 506 g/mol. The van der Waals surface area contributed by atoms with Crippen molar-refractivity contribution in [2.45, 2.75) is 54.2 Å². The van der Waals surface area contributed by atoms with Crippen LogP contribution in [0.3, 0.4) is 0 Å². The Balaban J connectivity index is 1.63. The Morgan fingerprint density at radius 1 is 1.23 bits per heavy atom. The summed E-state index contributed by atoms with van der Waals surface area (Å²) in [6.07, 6.45) is 7.23. The maximum atomic E-state index is 13.1. The van der Waals surface area contributed by atoms with E-state index in [1.807, 2.05) is 4.90 Å². The number of urea groups is 1. The number of sulfone groups is 1. The molecule has 1 heterocycles. The van der Waals surface area contributed by atoms with E-state index in [9.17, 15) is 18.0 Å². The van der Waals surface area contributed by atoms with Crippen LogP contribution in [-0.4, -0.2) is 60.0 Å². The molecule has 11 heteroatoms. The van der Waals surface area contributed by atoms with Gasteiger partial charge in [0.25, 0.3) is 0 Å². The third kappa shape index (κ3) is 8.56. The van der Waals surface area contributed by atoms with Crippen molar-refractivity contribution in [3.05, 3.63) is 36.0 Å². The summed E-state index contributed by atoms with van der Waals surface area (Å²) in [5, 5.41) is 12.1. The Morgan fingerprint density at radius 3 is 2.54 bits per heavy atom. The second kappa shape index (κ2) is 12.4. The van der Waals surface area contributed by atoms with E-state index >= 15 is 0 Å². The first kappa shape index (κ1) is 27.0. The zero-order valence-corrected chi connectivity index (χ0v) is 22.1. The molecule has 1 aromatic carbocycles. The van der Waals surface area contributed by atoms with Gasteiger partial charge < -0.3 is 10.0 Å². The highest BCUT2D eigenvalue weighted by atomic mass is 32.2. The fourth-order valence-corrected chi connectivity index (χ4v) is 6.02. The Morgan fingerprint density at radius 2 is 1.91 bits per heavy atom. The van der Waals surface area contributed by atoms with Crippen molar-refractivity contribution in [3.63, 3.8) is 0 Å². The number of nitrogens with zero attached hydrogens (tertiary/aromatic N) is 2. The summed E-state index contributed by atoms with van der Waals surface area (Å²) in [5.41, 5.74) is 0.717. The lowest BCUT2D eigenvalue weighted by Gasteiger charge is -2.35. The SMILES string of the molecule is CC1CCC(N(CCC#Cc2ccc(S(C)(=O)=O)cc2)C(=O)Nc2ncc(SCC(=O)O)s2)CC1. The molecule has 0 unspecified atom stereocenters. The van der Waals surface area contributed by atoms with Gasteiger partial charge >= 0.3 is 12.0 Å². The number of thiazole rings is 1. The van der Waals surface area contributed by atoms with Crippen LogP contribution in [0.4, 0.5) is 9.93 Å². The summed E-state index contributed by atoms with van der Waals surface area (Å²) < 4.78 is 23.9. The van der Waals surface area contributed by atoms with Crippen molar-refractivity contribution in [1.82, 2.24) is 9.88 Å². The van der Waals surface area contributed by atoms with Crippen LogP contribution < -0.4 is 5.32 Å². The molecule has 2 amide bonds. The molecule has 1 aromatic heterocycles. The minimum atomic E-state index is -3.24. The standard InChI is InChI=1S/C24H29N3O5S3/c1-17-6-10-19(11-7-17)27(24(30)26-23-25-15-22(34-23)33-16-21(28)29)14-4-3-5-18-8-12-20(13-9-18)35(2,31)32/h8-9,12-13,15,17,19H,4,6-7,10-11,14,16H2,1-2H3,(H,28,29)(H,25,26,30). The van der Waals surface area contributed by atoms with Gasteiger partial charge in [0.05, 0.1) is 21.1 Å². The van der Waals surface area contributed by atoms with Crippen molar-refractivity contribution >= 4 is 50.1 Å². The maximum Gasteiger partial charge on any atom is 0.323 e. The molecule has 0 radical (unpaired) electrons. The van der Waals surface area contributed by atoms with Crippen LogP contribution in [-0.2, 0) is 14.6 Å². The summed E-state index contributed by atoms with van der Waals surface area (Å²) in [5.74, 6) is 5.82. The van der Waals surface area contributed by atoms with Gasteiger partial charge in [0.2, 0.25) is 0 Å². The van der Waals surface area contributed by atoms with Crippen molar-refractivity contribution < 1.29 is 23.1 Å². The monoisotopic (exact) mass is 535 g/mol. The second-order valence-electron chi connectivity index (χ2n) is 8.55. The molecule has 1 aliphatic carbocycles. The van der Waals surface area contributed by atoms with E-state index in [0.29, 0.717) is 29.6 Å². The summed E-state index contributed by atoms with van der Waals surface area (Å²) >= 11 is 2.43. The van der Waals surface area contributed by atoms with Crippen molar-refractivity contribution in [2.75, 3.05) is 23.9 Å². The lowest BCUT2D eigenvalue weighted by Crippen LogP contribution is -2.45. The molecule has 188 valence electrons. The zero-order valence-electron chi connectivity index (χ0n) is 19.7. The molecule has 8 nitrogen and oxygen atoms in total. The number of nitrogens with one attached hydrogen (secondary N) is 1. The van der Waals surface area contributed by atoms with Gasteiger partial charge in [-0.15, -0.1) is 11.8 Å². The van der Waals surface area contributed by atoms with Crippen LogP contribution in [0.5, 0.6) is 0 Å². The summed E-state index contributed by atoms with van der Waals surface area (Å²) in [4.78, 5) is 30.2. The molecule has 1 fully saturated rings. The number of amides is 2. The fraction of sp³-hybridized carbons (Fsp3) is 0.458. The highest BCUT2D eigenvalue weighted by molar-refractivity contribution is 8.01. The first-order chi connectivity index (χ1) is 16.6. The normalized spacial score (nSPS) is 17.8. The summed E-state index contributed by atoms with van der Waals surface area (Å²) in [6, 6.07) is 6.34. The van der Waals surface area contributed by atoms with E-state index in [-0.39, 0.29) is 22.7 Å². The smallest absolute Gasteiger partial charge is 0.323 e. The lowest BCUT2D eigenvalue weighted by atomic mass is 9.86. The minimum absolute atomic E-state index is 0.0579. The number of hydrogen-bond donors (Lipinski definition) is 2. The van der Waals surface area contributed by atoms with Gasteiger partial charge in [0.15, 0.2) is 15.0 Å². The molecule has 1 aliphatic rings. The second-order valence-corrected chi connectivity index (χ2v) is 12.9. The number of rotatable bonds is 8. The summed E-state index contributed by atoms with van der Waals surface area (Å²) in [7, 11) is -3.24. The Bertz CT molecular complexity index is 1190. The Labute approximate surface area is 214 Å². The van der Waals surface area contributed by atoms with Crippen LogP contribution in [0.2, 0.25) is 0 Å². The van der Waals surface area contributed by atoms with Crippen LogP contribution in [0.1, 0.15) is 44.6 Å². The van der Waals surface area contributed by atoms with Crippen LogP contribution in [0.15, 0.2) is 39.6 Å². The highest BCUT2D eigenvalue weighted by Crippen LogP contribution is 2.30. The number of thioether (sulfide) groups is 1. The molecule has 0 bridgehead atoms. The first-order valence-electron chi connectivity index (χ1n) is 11.3. The van der Waals surface area contributed by atoms with Gasteiger partial charge in [-0.05, 0) is 55.9 Å². The number of benzene rings is 1. The Hall–Kier alpha value is -2.55.